The molecule has 5 rings (SSSR count). The minimum Gasteiger partial charge on any atom is -0.353 e. The lowest BCUT2D eigenvalue weighted by molar-refractivity contribution is 0.273. The Morgan fingerprint density at radius 2 is 1.84 bits per heavy atom. The maximum atomic E-state index is 2.78. The number of anilines is 1. The maximum Gasteiger partial charge on any atom is 0.0814 e. The summed E-state index contributed by atoms with van der Waals surface area (Å²) < 4.78 is 4.02. The van der Waals surface area contributed by atoms with Crippen LogP contribution in [-0.4, -0.2) is 4.57 Å². The molecule has 0 bridgehead atoms. The summed E-state index contributed by atoms with van der Waals surface area (Å²) in [5, 5.41) is 2.25. The molecule has 1 aliphatic heterocycles. The number of thiophene rings is 1. The first-order valence-corrected chi connectivity index (χ1v) is 10.4. The monoisotopic (exact) mass is 350 g/mol. The van der Waals surface area contributed by atoms with Crippen LogP contribution in [-0.2, 0) is 12.6 Å². The van der Waals surface area contributed by atoms with E-state index in [1.165, 1.54) is 53.6 Å². The van der Waals surface area contributed by atoms with E-state index in [1.54, 1.807) is 11.3 Å². The number of aryl methyl sites for hydroxylation is 2. The topological polar surface area (TPSA) is 8.17 Å². The van der Waals surface area contributed by atoms with Crippen LogP contribution in [0.1, 0.15) is 61.9 Å². The molecule has 25 heavy (non-hydrogen) atoms. The third-order valence-corrected chi connectivity index (χ3v) is 7.54. The number of fused-ring (bicyclic) bond motifs is 4. The molecule has 3 heterocycles. The van der Waals surface area contributed by atoms with Gasteiger partial charge in [0.25, 0.3) is 0 Å². The lowest BCUT2D eigenvalue weighted by Crippen LogP contribution is -2.45. The van der Waals surface area contributed by atoms with Crippen molar-refractivity contribution < 1.29 is 0 Å². The zero-order chi connectivity index (χ0) is 17.2. The van der Waals surface area contributed by atoms with Crippen molar-refractivity contribution in [3.05, 3.63) is 52.5 Å². The fourth-order valence-corrected chi connectivity index (χ4v) is 6.68. The Balaban J connectivity index is 1.81. The molecule has 2 aliphatic rings. The van der Waals surface area contributed by atoms with Gasteiger partial charge >= 0.3 is 0 Å². The van der Waals surface area contributed by atoms with Gasteiger partial charge in [0.05, 0.1) is 27.5 Å². The first kappa shape index (κ1) is 15.5. The molecule has 1 spiro atoms. The van der Waals surface area contributed by atoms with E-state index >= 15 is 0 Å². The number of hydrogen-bond acceptors (Lipinski definition) is 2. The van der Waals surface area contributed by atoms with E-state index in [2.05, 4.69) is 66.1 Å². The van der Waals surface area contributed by atoms with Crippen LogP contribution >= 0.6 is 11.3 Å². The fourth-order valence-electron chi connectivity index (χ4n) is 5.63. The van der Waals surface area contributed by atoms with Crippen molar-refractivity contribution in [1.82, 2.24) is 4.57 Å². The van der Waals surface area contributed by atoms with Crippen molar-refractivity contribution in [2.45, 2.75) is 57.5 Å². The van der Waals surface area contributed by atoms with Crippen molar-refractivity contribution in [3.63, 3.8) is 0 Å². The van der Waals surface area contributed by atoms with Crippen LogP contribution in [0.4, 0.5) is 5.69 Å². The largest absolute Gasteiger partial charge is 0.353 e. The molecule has 1 fully saturated rings. The first-order valence-electron chi connectivity index (χ1n) is 9.56. The highest BCUT2D eigenvalue weighted by Crippen LogP contribution is 2.58. The molecule has 2 nitrogen and oxygen atoms in total. The van der Waals surface area contributed by atoms with Crippen molar-refractivity contribution in [2.75, 3.05) is 4.90 Å². The number of para-hydroxylation sites is 1. The van der Waals surface area contributed by atoms with Gasteiger partial charge in [-0.05, 0) is 49.8 Å². The normalized spacial score (nSPS) is 22.0. The van der Waals surface area contributed by atoms with Crippen LogP contribution in [0.3, 0.4) is 0 Å². The Morgan fingerprint density at radius 3 is 2.60 bits per heavy atom. The van der Waals surface area contributed by atoms with Gasteiger partial charge in [-0.3, -0.25) is 0 Å². The predicted molar refractivity (Wildman–Crippen MR) is 108 cm³/mol. The second-order valence-electron chi connectivity index (χ2n) is 7.88. The second-order valence-corrected chi connectivity index (χ2v) is 8.80. The van der Waals surface area contributed by atoms with Crippen molar-refractivity contribution in [1.29, 1.82) is 0 Å². The van der Waals surface area contributed by atoms with Gasteiger partial charge in [0, 0.05) is 18.3 Å². The van der Waals surface area contributed by atoms with Crippen molar-refractivity contribution in [2.24, 2.45) is 7.05 Å². The van der Waals surface area contributed by atoms with Gasteiger partial charge in [-0.25, -0.2) is 0 Å². The molecule has 1 aromatic carbocycles. The lowest BCUT2D eigenvalue weighted by atomic mass is 9.78. The SMILES string of the molecule is Cc1ccccc1N1[C@@H](C)c2c(n(C)c3ccsc23)C12CCCCC2. The van der Waals surface area contributed by atoms with Gasteiger partial charge in [-0.2, -0.15) is 0 Å². The Bertz CT molecular complexity index is 942. The van der Waals surface area contributed by atoms with Crippen LogP contribution in [0.2, 0.25) is 0 Å². The van der Waals surface area contributed by atoms with Crippen LogP contribution < -0.4 is 4.90 Å². The molecule has 1 saturated carbocycles. The third kappa shape index (κ3) is 1.90. The van der Waals surface area contributed by atoms with Gasteiger partial charge < -0.3 is 9.47 Å². The molecule has 3 heteroatoms. The number of benzene rings is 1. The third-order valence-electron chi connectivity index (χ3n) is 6.60. The average molecular weight is 351 g/mol. The number of nitrogens with zero attached hydrogens (tertiary/aromatic N) is 2. The number of aromatic nitrogens is 1. The predicted octanol–water partition coefficient (Wildman–Crippen LogP) is 6.29. The zero-order valence-electron chi connectivity index (χ0n) is 15.4. The Morgan fingerprint density at radius 1 is 1.08 bits per heavy atom. The van der Waals surface area contributed by atoms with Crippen molar-refractivity contribution >= 4 is 27.2 Å². The standard InChI is InChI=1S/C22H26N2S/c1-15-9-5-6-10-17(15)24-16(2)19-20-18(11-14-25-20)23(3)21(19)22(24)12-7-4-8-13-22/h5-6,9-11,14,16H,4,7-8,12-13H2,1-3H3/t16-/m0/s1. The number of hydrogen-bond donors (Lipinski definition) is 0. The molecule has 0 saturated heterocycles. The summed E-state index contributed by atoms with van der Waals surface area (Å²) in [5.74, 6) is 0. The summed E-state index contributed by atoms with van der Waals surface area (Å²) in [7, 11) is 2.29. The molecule has 0 radical (unpaired) electrons. The van der Waals surface area contributed by atoms with E-state index in [-0.39, 0.29) is 5.54 Å². The van der Waals surface area contributed by atoms with Crippen LogP contribution in [0, 0.1) is 6.92 Å². The van der Waals surface area contributed by atoms with Crippen molar-refractivity contribution in [3.8, 4) is 0 Å². The van der Waals surface area contributed by atoms with Crippen LogP contribution in [0.15, 0.2) is 35.7 Å². The summed E-state index contributed by atoms with van der Waals surface area (Å²) in [4.78, 5) is 2.78. The molecule has 0 amide bonds. The maximum absolute atomic E-state index is 2.78. The Labute approximate surface area is 154 Å². The molecule has 1 aliphatic carbocycles. The quantitative estimate of drug-likeness (QED) is 0.501. The first-order chi connectivity index (χ1) is 12.1. The molecule has 3 aromatic rings. The molecular weight excluding hydrogens is 324 g/mol. The fraction of sp³-hybridized carbons (Fsp3) is 0.455. The highest BCUT2D eigenvalue weighted by Gasteiger charge is 2.52. The van der Waals surface area contributed by atoms with Gasteiger partial charge in [-0.15, -0.1) is 11.3 Å². The van der Waals surface area contributed by atoms with E-state index < -0.39 is 0 Å². The summed E-state index contributed by atoms with van der Waals surface area (Å²) in [6, 6.07) is 11.7. The van der Waals surface area contributed by atoms with E-state index in [0.29, 0.717) is 6.04 Å². The molecule has 0 unspecified atom stereocenters. The van der Waals surface area contributed by atoms with E-state index in [4.69, 9.17) is 0 Å². The van der Waals surface area contributed by atoms with Gasteiger partial charge in [-0.1, -0.05) is 37.5 Å². The summed E-state index contributed by atoms with van der Waals surface area (Å²) in [6.07, 6.45) is 6.63. The van der Waals surface area contributed by atoms with E-state index in [1.807, 2.05) is 11.3 Å². The number of rotatable bonds is 1. The smallest absolute Gasteiger partial charge is 0.0814 e. The minimum absolute atomic E-state index is 0.173. The van der Waals surface area contributed by atoms with Gasteiger partial charge in [0.2, 0.25) is 0 Å². The molecular formula is C22H26N2S. The molecule has 2 aromatic heterocycles. The minimum atomic E-state index is 0.173. The molecule has 0 N–H and O–H groups in total. The highest BCUT2D eigenvalue weighted by molar-refractivity contribution is 7.17. The lowest BCUT2D eigenvalue weighted by Gasteiger charge is -2.46. The molecule has 1 atom stereocenters. The van der Waals surface area contributed by atoms with Crippen LogP contribution in [0.5, 0.6) is 0 Å². The second kappa shape index (κ2) is 5.38. The van der Waals surface area contributed by atoms with Crippen LogP contribution in [0.25, 0.3) is 10.2 Å². The van der Waals surface area contributed by atoms with E-state index in [0.717, 1.165) is 0 Å². The Hall–Kier alpha value is -1.74. The zero-order valence-corrected chi connectivity index (χ0v) is 16.2. The summed E-state index contributed by atoms with van der Waals surface area (Å²) in [5.41, 5.74) is 7.62. The molecule has 130 valence electrons. The van der Waals surface area contributed by atoms with Gasteiger partial charge in [0.1, 0.15) is 0 Å². The van der Waals surface area contributed by atoms with Gasteiger partial charge in [0.15, 0.2) is 0 Å². The van der Waals surface area contributed by atoms with E-state index in [9.17, 15) is 0 Å². The summed E-state index contributed by atoms with van der Waals surface area (Å²) in [6.45, 7) is 4.69. The highest BCUT2D eigenvalue weighted by atomic mass is 32.1. The Kier molecular flexibility index (Phi) is 3.34. The average Bonchev–Trinajstić information content (AvgIpc) is 3.25. The summed E-state index contributed by atoms with van der Waals surface area (Å²) >= 11 is 1.92.